The summed E-state index contributed by atoms with van der Waals surface area (Å²) in [5.41, 5.74) is 21.3. The second kappa shape index (κ2) is 63.0. The third-order valence-electron chi connectivity index (χ3n) is 17.7. The molecular weight excluding hydrogens is 1550 g/mol. The molecule has 0 saturated heterocycles. The van der Waals surface area contributed by atoms with Gasteiger partial charge in [0.15, 0.2) is 0 Å². The van der Waals surface area contributed by atoms with E-state index in [1.54, 1.807) is 0 Å². The Kier molecular flexibility index (Phi) is 58.0. The van der Waals surface area contributed by atoms with E-state index in [1.807, 2.05) is 239 Å². The Bertz CT molecular complexity index is 4720. The molecule has 0 amide bonds. The molecule has 3 aliphatic rings. The van der Waals surface area contributed by atoms with Crippen LogP contribution in [0.25, 0.3) is 83.9 Å². The second-order valence-corrected chi connectivity index (χ2v) is 22.7. The molecule has 0 unspecified atom stereocenters. The summed E-state index contributed by atoms with van der Waals surface area (Å²) in [6.07, 6.45) is 5.88. The molecule has 0 atom stereocenters. The van der Waals surface area contributed by atoms with Gasteiger partial charge >= 0.3 is 0 Å². The van der Waals surface area contributed by atoms with Crippen LogP contribution in [0, 0.1) is 24.8 Å². The van der Waals surface area contributed by atoms with E-state index >= 15 is 0 Å². The monoisotopic (exact) mass is 1680 g/mol. The Morgan fingerprint density at radius 1 is 0.224 bits per heavy atom. The first-order valence-corrected chi connectivity index (χ1v) is 42.8. The molecule has 0 N–H and O–H groups in total. The standard InChI is InChI=1S/C33H22.C25H18.2C12H8.C8H6.12C2H6.2Y/c1-3-11-25-21-27(19-17-23(25)9-1)33(28-20-18-24-10-2-4-12-26(24)22-28)31-15-7-5-13-29(31)30-14-6-8-16-32(30)33;1-3-11-19(12-4-1)25(20-13-5-2-6-14-20)23-17-9-7-15-21(23)22-16-8-10-18-24(22)25;1-3-9-4-2-6-11-8-7-10(5-1)12(9)11;1-3-7-11(8-4-1)12-9-5-2-6-10-12;1-2-8-6-4-3-5-7-8;12*1-2;;/h1-22H;1-18H;1-8H;1-7,9H;1-6H;12*1-2H3;;/q;;;2*-2;;;;;;;;;;;;;;. The molecule has 0 aliphatic heterocycles. The van der Waals surface area contributed by atoms with Crippen LogP contribution in [0.1, 0.15) is 227 Å². The van der Waals surface area contributed by atoms with Gasteiger partial charge in [-0.1, -0.05) is 445 Å². The van der Waals surface area contributed by atoms with Crippen molar-refractivity contribution in [2.24, 2.45) is 0 Å². The molecule has 0 aromatic heterocycles. The van der Waals surface area contributed by atoms with E-state index in [-0.39, 0.29) is 76.2 Å². The van der Waals surface area contributed by atoms with Gasteiger partial charge in [0.2, 0.25) is 0 Å². The van der Waals surface area contributed by atoms with Crippen molar-refractivity contribution >= 4 is 50.5 Å². The van der Waals surface area contributed by atoms with E-state index in [0.29, 0.717) is 0 Å². The average Bonchev–Trinajstić information content (AvgIpc) is 1.47. The minimum atomic E-state index is -0.360. The molecule has 0 bridgehead atoms. The van der Waals surface area contributed by atoms with Crippen molar-refractivity contribution in [2.75, 3.05) is 0 Å². The van der Waals surface area contributed by atoms with E-state index in [4.69, 9.17) is 6.58 Å². The fourth-order valence-corrected chi connectivity index (χ4v) is 13.8. The van der Waals surface area contributed by atoms with Crippen molar-refractivity contribution in [3.63, 3.8) is 0 Å². The second-order valence-electron chi connectivity index (χ2n) is 22.7. The van der Waals surface area contributed by atoms with Gasteiger partial charge in [0.1, 0.15) is 0 Å². The van der Waals surface area contributed by atoms with Gasteiger partial charge in [-0.2, -0.15) is 60.7 Å². The third kappa shape index (κ3) is 26.6. The number of fused-ring (bicyclic) bond motifs is 8. The van der Waals surface area contributed by atoms with E-state index < -0.39 is 0 Å². The first kappa shape index (κ1) is 107. The zero-order valence-electron chi connectivity index (χ0n) is 75.0. The van der Waals surface area contributed by atoms with Gasteiger partial charge in [0.05, 0.1) is 10.8 Å². The molecule has 18 rings (SSSR count). The Balaban J connectivity index is 0.00000141. The summed E-state index contributed by atoms with van der Waals surface area (Å²) in [6, 6.07) is 134. The Hall–Kier alpha value is -9.23. The molecule has 0 fully saturated rings. The first-order chi connectivity index (χ1) is 56.6. The topological polar surface area (TPSA) is 0 Å². The van der Waals surface area contributed by atoms with Crippen molar-refractivity contribution < 1.29 is 65.4 Å². The summed E-state index contributed by atoms with van der Waals surface area (Å²) < 4.78 is 0. The Labute approximate surface area is 757 Å². The SMILES string of the molecule is C1=Cc2cccc3cccc1c23.CC.CC.CC.CC.CC.CC.CC.CC.CC.CC.CC.CC.[CH-]=Cc1[c-]cccc1.[Y].[Y].[c-]1ccccc1-c1[c-]cccc1.c1ccc(C2(c3ccccc3)c3ccccc3-c3ccccc32)cc1.c1ccc2c(c1)-c1ccccc1C2(c1ccc2ccccc2c1)c1ccc2ccccc2c1. The maximum absolute atomic E-state index is 5.19. The molecule has 0 heterocycles. The van der Waals surface area contributed by atoms with Crippen LogP contribution in [-0.2, 0) is 76.2 Å². The molecule has 600 valence electrons. The summed E-state index contributed by atoms with van der Waals surface area (Å²) in [6.45, 7) is 53.2. The number of hydrogen-bond donors (Lipinski definition) is 0. The molecular formula is C114H134Y2-4. The quantitative estimate of drug-likeness (QED) is 0.146. The fraction of sp³-hybridized carbons (Fsp3) is 0.228. The van der Waals surface area contributed by atoms with E-state index in [9.17, 15) is 0 Å². The van der Waals surface area contributed by atoms with Crippen molar-refractivity contribution in [1.29, 1.82) is 0 Å². The van der Waals surface area contributed by atoms with Gasteiger partial charge in [-0.3, -0.25) is 0 Å². The molecule has 15 aromatic carbocycles. The summed E-state index contributed by atoms with van der Waals surface area (Å²) in [7, 11) is 0. The van der Waals surface area contributed by atoms with Crippen LogP contribution >= 0.6 is 0 Å². The van der Waals surface area contributed by atoms with Gasteiger partial charge in [0.25, 0.3) is 0 Å². The summed E-state index contributed by atoms with van der Waals surface area (Å²) in [5, 5.41) is 7.84. The predicted molar refractivity (Wildman–Crippen MR) is 515 cm³/mol. The van der Waals surface area contributed by atoms with Crippen molar-refractivity contribution in [3.05, 3.63) is 438 Å². The van der Waals surface area contributed by atoms with Crippen LogP contribution in [0.4, 0.5) is 0 Å². The molecule has 116 heavy (non-hydrogen) atoms. The maximum Gasteiger partial charge on any atom is 0.0714 e. The minimum absolute atomic E-state index is 0. The Morgan fingerprint density at radius 3 is 0.784 bits per heavy atom. The number of hydrogen-bond acceptors (Lipinski definition) is 0. The summed E-state index contributed by atoms with van der Waals surface area (Å²) in [4.78, 5) is 0. The molecule has 0 nitrogen and oxygen atoms in total. The van der Waals surface area contributed by atoms with Gasteiger partial charge in [0, 0.05) is 65.4 Å². The van der Waals surface area contributed by atoms with E-state index in [1.165, 1.54) is 116 Å². The van der Waals surface area contributed by atoms with Crippen molar-refractivity contribution in [1.82, 2.24) is 0 Å². The number of rotatable bonds is 6. The number of benzene rings is 15. The normalized spacial score (nSPS) is 10.4. The third-order valence-corrected chi connectivity index (χ3v) is 17.7. The van der Waals surface area contributed by atoms with Crippen LogP contribution in [0.15, 0.2) is 352 Å². The summed E-state index contributed by atoms with van der Waals surface area (Å²) >= 11 is 0. The molecule has 2 radical (unpaired) electrons. The molecule has 0 spiro atoms. The molecule has 15 aromatic rings. The molecule has 3 aliphatic carbocycles. The zero-order valence-corrected chi connectivity index (χ0v) is 80.6. The van der Waals surface area contributed by atoms with Crippen molar-refractivity contribution in [3.8, 4) is 33.4 Å². The van der Waals surface area contributed by atoms with Gasteiger partial charge in [-0.25, -0.2) is 23.3 Å². The summed E-state index contributed by atoms with van der Waals surface area (Å²) in [5.74, 6) is 0. The minimum Gasteiger partial charge on any atom is -0.344 e. The van der Waals surface area contributed by atoms with Crippen molar-refractivity contribution in [2.45, 2.75) is 177 Å². The van der Waals surface area contributed by atoms with Crippen LogP contribution < -0.4 is 0 Å². The van der Waals surface area contributed by atoms with Gasteiger partial charge in [-0.05, 0) is 122 Å². The van der Waals surface area contributed by atoms with E-state index in [2.05, 4.69) is 309 Å². The first-order valence-electron chi connectivity index (χ1n) is 42.8. The van der Waals surface area contributed by atoms with E-state index in [0.717, 1.165) is 16.7 Å². The predicted octanol–water partition coefficient (Wildman–Crippen LogP) is 34.9. The van der Waals surface area contributed by atoms with Crippen LogP contribution in [0.5, 0.6) is 0 Å². The van der Waals surface area contributed by atoms with Crippen LogP contribution in [0.3, 0.4) is 0 Å². The van der Waals surface area contributed by atoms with Gasteiger partial charge < -0.3 is 18.2 Å². The zero-order chi connectivity index (χ0) is 84.5. The van der Waals surface area contributed by atoms with Crippen LogP contribution in [0.2, 0.25) is 0 Å². The van der Waals surface area contributed by atoms with Gasteiger partial charge in [-0.15, -0.1) is 18.2 Å². The van der Waals surface area contributed by atoms with Crippen LogP contribution in [-0.4, -0.2) is 0 Å². The largest absolute Gasteiger partial charge is 0.344 e. The fourth-order valence-electron chi connectivity index (χ4n) is 13.8. The smallest absolute Gasteiger partial charge is 0.0714 e. The molecule has 2 heteroatoms. The Morgan fingerprint density at radius 2 is 0.491 bits per heavy atom. The average molecular weight is 1680 g/mol. The maximum atomic E-state index is 5.19. The molecule has 0 saturated carbocycles.